The Morgan fingerprint density at radius 2 is 2.09 bits per heavy atom. The quantitative estimate of drug-likeness (QED) is 0.873. The first-order chi connectivity index (χ1) is 10.0. The van der Waals surface area contributed by atoms with Crippen LogP contribution in [0.3, 0.4) is 0 Å². The van der Waals surface area contributed by atoms with Crippen molar-refractivity contribution in [2.45, 2.75) is 39.2 Å². The molecule has 2 atom stereocenters. The minimum Gasteiger partial charge on any atom is -0.328 e. The van der Waals surface area contributed by atoms with Gasteiger partial charge in [0.25, 0.3) is 0 Å². The Morgan fingerprint density at radius 1 is 1.32 bits per heavy atom. The number of amides is 1. The average Bonchev–Trinajstić information content (AvgIpc) is 3.11. The number of nitrogens with one attached hydrogen (secondary N) is 1. The number of hydrogen-bond donors (Lipinski definition) is 2. The number of nitrogens with two attached hydrogens (primary N) is 1. The van der Waals surface area contributed by atoms with E-state index in [2.05, 4.69) is 29.4 Å². The molecule has 1 saturated carbocycles. The molecule has 7 heteroatoms. The maximum absolute atomic E-state index is 12.2. The number of carbonyl (C=O) groups excluding carboxylic acids is 1. The van der Waals surface area contributed by atoms with Crippen molar-refractivity contribution >= 4 is 46.1 Å². The lowest BCUT2D eigenvalue weighted by atomic mass is 10.1. The van der Waals surface area contributed by atoms with Crippen molar-refractivity contribution in [2.75, 3.05) is 5.32 Å². The molecule has 1 aliphatic carbocycles. The second kappa shape index (κ2) is 7.08. The predicted molar refractivity (Wildman–Crippen MR) is 96.1 cm³/mol. The van der Waals surface area contributed by atoms with Crippen LogP contribution in [0.4, 0.5) is 5.13 Å². The van der Waals surface area contributed by atoms with E-state index in [0.29, 0.717) is 5.13 Å². The number of aryl methyl sites for hydroxylation is 2. The van der Waals surface area contributed by atoms with Gasteiger partial charge in [-0.05, 0) is 45.2 Å². The van der Waals surface area contributed by atoms with Gasteiger partial charge in [0.1, 0.15) is 0 Å². The summed E-state index contributed by atoms with van der Waals surface area (Å²) in [5.74, 6) is 0.0993. The van der Waals surface area contributed by atoms with Gasteiger partial charge in [-0.2, -0.15) is 0 Å². The van der Waals surface area contributed by atoms with Gasteiger partial charge in [-0.25, -0.2) is 4.98 Å². The van der Waals surface area contributed by atoms with Crippen molar-refractivity contribution in [1.82, 2.24) is 4.98 Å². The highest BCUT2D eigenvalue weighted by molar-refractivity contribution is 7.18. The smallest absolute Gasteiger partial charge is 0.229 e. The fraction of sp³-hybridized carbons (Fsp3) is 0.467. The summed E-state index contributed by atoms with van der Waals surface area (Å²) in [6.45, 7) is 4.13. The van der Waals surface area contributed by atoms with Crippen LogP contribution < -0.4 is 11.1 Å². The number of carbonyl (C=O) groups is 1. The summed E-state index contributed by atoms with van der Waals surface area (Å²) in [7, 11) is 0. The first-order valence-corrected chi connectivity index (χ1v) is 8.77. The van der Waals surface area contributed by atoms with Gasteiger partial charge in [0, 0.05) is 21.7 Å². The molecule has 1 fully saturated rings. The SMILES string of the molecule is Cc1ccc(-c2nc(NC(=O)C3CCC(N)C3)sc2C)s1.Cl. The van der Waals surface area contributed by atoms with Crippen molar-refractivity contribution in [2.24, 2.45) is 11.7 Å². The van der Waals surface area contributed by atoms with Gasteiger partial charge in [0.05, 0.1) is 10.6 Å². The zero-order valence-electron chi connectivity index (χ0n) is 12.6. The van der Waals surface area contributed by atoms with Crippen LogP contribution >= 0.6 is 35.1 Å². The fourth-order valence-electron chi connectivity index (χ4n) is 2.70. The minimum atomic E-state index is 0. The average molecular weight is 358 g/mol. The summed E-state index contributed by atoms with van der Waals surface area (Å²) in [4.78, 5) is 20.4. The number of anilines is 1. The van der Waals surface area contributed by atoms with Gasteiger partial charge in [0.2, 0.25) is 5.91 Å². The predicted octanol–water partition coefficient (Wildman–Crippen LogP) is 3.98. The Labute approximate surface area is 144 Å². The molecule has 0 bridgehead atoms. The summed E-state index contributed by atoms with van der Waals surface area (Å²) in [6, 6.07) is 4.35. The molecule has 0 saturated heterocycles. The normalized spacial score (nSPS) is 20.7. The van der Waals surface area contributed by atoms with Crippen LogP contribution in [-0.4, -0.2) is 16.9 Å². The highest BCUT2D eigenvalue weighted by atomic mass is 35.5. The largest absolute Gasteiger partial charge is 0.328 e. The number of nitrogens with zero attached hydrogens (tertiary/aromatic N) is 1. The third-order valence-corrected chi connectivity index (χ3v) is 5.74. The molecule has 3 N–H and O–H groups in total. The van der Waals surface area contributed by atoms with Crippen molar-refractivity contribution in [3.8, 4) is 10.6 Å². The first kappa shape index (κ1) is 17.4. The van der Waals surface area contributed by atoms with E-state index in [0.717, 1.165) is 34.7 Å². The number of rotatable bonds is 3. The van der Waals surface area contributed by atoms with E-state index in [9.17, 15) is 4.79 Å². The van der Waals surface area contributed by atoms with Gasteiger partial charge in [-0.1, -0.05) is 0 Å². The fourth-order valence-corrected chi connectivity index (χ4v) is 4.51. The number of halogens is 1. The lowest BCUT2D eigenvalue weighted by Gasteiger charge is -2.08. The molecule has 2 aromatic heterocycles. The highest BCUT2D eigenvalue weighted by Gasteiger charge is 2.28. The summed E-state index contributed by atoms with van der Waals surface area (Å²) in [5, 5.41) is 3.65. The van der Waals surface area contributed by atoms with Crippen LogP contribution in [0.25, 0.3) is 10.6 Å². The van der Waals surface area contributed by atoms with Gasteiger partial charge < -0.3 is 11.1 Å². The summed E-state index contributed by atoms with van der Waals surface area (Å²) in [6.07, 6.45) is 2.61. The molecule has 2 unspecified atom stereocenters. The minimum absolute atomic E-state index is 0. The molecule has 1 amide bonds. The molecule has 120 valence electrons. The van der Waals surface area contributed by atoms with Crippen LogP contribution in [0.1, 0.15) is 29.0 Å². The lowest BCUT2D eigenvalue weighted by molar-refractivity contribution is -0.119. The van der Waals surface area contributed by atoms with Crippen molar-refractivity contribution in [3.63, 3.8) is 0 Å². The van der Waals surface area contributed by atoms with Crippen LogP contribution in [0.2, 0.25) is 0 Å². The number of thiophene rings is 1. The van der Waals surface area contributed by atoms with E-state index in [-0.39, 0.29) is 30.3 Å². The molecule has 22 heavy (non-hydrogen) atoms. The molecule has 2 heterocycles. The van der Waals surface area contributed by atoms with Gasteiger partial charge in [0.15, 0.2) is 5.13 Å². The monoisotopic (exact) mass is 357 g/mol. The van der Waals surface area contributed by atoms with Crippen LogP contribution in [0.15, 0.2) is 12.1 Å². The van der Waals surface area contributed by atoms with E-state index >= 15 is 0 Å². The van der Waals surface area contributed by atoms with Gasteiger partial charge >= 0.3 is 0 Å². The number of hydrogen-bond acceptors (Lipinski definition) is 5. The number of thiazole rings is 1. The van der Waals surface area contributed by atoms with E-state index < -0.39 is 0 Å². The zero-order chi connectivity index (χ0) is 15.0. The molecular weight excluding hydrogens is 338 g/mol. The molecule has 0 aromatic carbocycles. The van der Waals surface area contributed by atoms with Crippen molar-refractivity contribution < 1.29 is 4.79 Å². The molecule has 0 aliphatic heterocycles. The second-order valence-corrected chi connectivity index (χ2v) is 8.08. The third kappa shape index (κ3) is 3.68. The first-order valence-electron chi connectivity index (χ1n) is 7.13. The highest BCUT2D eigenvalue weighted by Crippen LogP contribution is 2.35. The molecule has 0 radical (unpaired) electrons. The van der Waals surface area contributed by atoms with Gasteiger partial charge in [-0.3, -0.25) is 4.79 Å². The Morgan fingerprint density at radius 3 is 2.68 bits per heavy atom. The summed E-state index contributed by atoms with van der Waals surface area (Å²) in [5.41, 5.74) is 6.85. The van der Waals surface area contributed by atoms with E-state index in [1.54, 1.807) is 11.3 Å². The van der Waals surface area contributed by atoms with Crippen LogP contribution in [0, 0.1) is 19.8 Å². The number of aromatic nitrogens is 1. The van der Waals surface area contributed by atoms with E-state index in [1.807, 2.05) is 6.92 Å². The van der Waals surface area contributed by atoms with Crippen LogP contribution in [-0.2, 0) is 4.79 Å². The van der Waals surface area contributed by atoms with Crippen molar-refractivity contribution in [3.05, 3.63) is 21.9 Å². The topological polar surface area (TPSA) is 68.0 Å². The molecule has 0 spiro atoms. The summed E-state index contributed by atoms with van der Waals surface area (Å²) < 4.78 is 0. The lowest BCUT2D eigenvalue weighted by Crippen LogP contribution is -2.23. The molecular formula is C15H20ClN3OS2. The van der Waals surface area contributed by atoms with E-state index in [1.165, 1.54) is 16.2 Å². The maximum atomic E-state index is 12.2. The maximum Gasteiger partial charge on any atom is 0.229 e. The second-order valence-electron chi connectivity index (χ2n) is 5.59. The standard InChI is InChI=1S/C15H19N3OS2.ClH/c1-8-3-6-12(20-8)13-9(2)21-15(17-13)18-14(19)10-4-5-11(16)7-10;/h3,6,10-11H,4-5,7,16H2,1-2H3,(H,17,18,19);1H. The Bertz CT molecular complexity index is 668. The Kier molecular flexibility index (Phi) is 5.60. The molecule has 2 aromatic rings. The molecule has 4 nitrogen and oxygen atoms in total. The van der Waals surface area contributed by atoms with Crippen molar-refractivity contribution in [1.29, 1.82) is 0 Å². The van der Waals surface area contributed by atoms with Gasteiger partial charge in [-0.15, -0.1) is 35.1 Å². The molecule has 3 rings (SSSR count). The van der Waals surface area contributed by atoms with Crippen LogP contribution in [0.5, 0.6) is 0 Å². The summed E-state index contributed by atoms with van der Waals surface area (Å²) >= 11 is 3.27. The molecule has 1 aliphatic rings. The Balaban J connectivity index is 0.00000176. The Hall–Kier alpha value is -0.950. The third-order valence-electron chi connectivity index (χ3n) is 3.84. The zero-order valence-corrected chi connectivity index (χ0v) is 15.0. The van der Waals surface area contributed by atoms with E-state index in [4.69, 9.17) is 5.73 Å².